The van der Waals surface area contributed by atoms with E-state index in [1.165, 1.54) is 11.1 Å². The number of benzene rings is 2. The molecule has 1 aliphatic heterocycles. The molecule has 25 heavy (non-hydrogen) atoms. The highest BCUT2D eigenvalue weighted by molar-refractivity contribution is 6.30. The minimum atomic E-state index is 0.398. The SMILES string of the molecule is Clc1ccc([C@@H](CCNCCN2CCOCC2)c2ccccc2)cc1. The fourth-order valence-corrected chi connectivity index (χ4v) is 3.47. The van der Waals surface area contributed by atoms with Gasteiger partial charge < -0.3 is 10.1 Å². The van der Waals surface area contributed by atoms with Gasteiger partial charge in [-0.1, -0.05) is 54.1 Å². The highest BCUT2D eigenvalue weighted by Crippen LogP contribution is 2.28. The highest BCUT2D eigenvalue weighted by Gasteiger charge is 2.14. The maximum absolute atomic E-state index is 6.06. The summed E-state index contributed by atoms with van der Waals surface area (Å²) in [5.74, 6) is 0.398. The van der Waals surface area contributed by atoms with Crippen LogP contribution in [0.3, 0.4) is 0 Å². The zero-order valence-electron chi connectivity index (χ0n) is 14.7. The molecular formula is C21H27ClN2O. The van der Waals surface area contributed by atoms with Crippen molar-refractivity contribution in [2.24, 2.45) is 0 Å². The molecule has 1 N–H and O–H groups in total. The maximum Gasteiger partial charge on any atom is 0.0594 e. The topological polar surface area (TPSA) is 24.5 Å². The van der Waals surface area contributed by atoms with Crippen LogP contribution in [0.15, 0.2) is 54.6 Å². The number of hydrogen-bond acceptors (Lipinski definition) is 3. The molecule has 0 aliphatic carbocycles. The lowest BCUT2D eigenvalue weighted by atomic mass is 9.88. The molecule has 0 radical (unpaired) electrons. The fourth-order valence-electron chi connectivity index (χ4n) is 3.34. The summed E-state index contributed by atoms with van der Waals surface area (Å²) in [5.41, 5.74) is 2.69. The molecule has 1 aliphatic rings. The average Bonchev–Trinajstić information content (AvgIpc) is 2.67. The first-order chi connectivity index (χ1) is 12.3. The van der Waals surface area contributed by atoms with E-state index in [0.717, 1.165) is 57.4 Å². The number of nitrogens with zero attached hydrogens (tertiary/aromatic N) is 1. The van der Waals surface area contributed by atoms with Gasteiger partial charge in [-0.25, -0.2) is 0 Å². The van der Waals surface area contributed by atoms with Crippen molar-refractivity contribution in [3.8, 4) is 0 Å². The van der Waals surface area contributed by atoms with Gasteiger partial charge in [0.15, 0.2) is 0 Å². The van der Waals surface area contributed by atoms with E-state index < -0.39 is 0 Å². The van der Waals surface area contributed by atoms with Crippen molar-refractivity contribution >= 4 is 11.6 Å². The second-order valence-electron chi connectivity index (χ2n) is 6.51. The first-order valence-electron chi connectivity index (χ1n) is 9.14. The quantitative estimate of drug-likeness (QED) is 0.727. The summed E-state index contributed by atoms with van der Waals surface area (Å²) in [6.07, 6.45) is 1.08. The summed E-state index contributed by atoms with van der Waals surface area (Å²) in [4.78, 5) is 2.46. The minimum absolute atomic E-state index is 0.398. The van der Waals surface area contributed by atoms with Crippen LogP contribution in [0.25, 0.3) is 0 Å². The average molecular weight is 359 g/mol. The maximum atomic E-state index is 6.06. The second kappa shape index (κ2) is 9.93. The van der Waals surface area contributed by atoms with Crippen molar-refractivity contribution in [2.45, 2.75) is 12.3 Å². The van der Waals surface area contributed by atoms with Crippen LogP contribution in [-0.4, -0.2) is 50.8 Å². The van der Waals surface area contributed by atoms with E-state index in [0.29, 0.717) is 5.92 Å². The van der Waals surface area contributed by atoms with Crippen LogP contribution in [0.2, 0.25) is 5.02 Å². The van der Waals surface area contributed by atoms with Crippen LogP contribution < -0.4 is 5.32 Å². The third-order valence-corrected chi connectivity index (χ3v) is 5.04. The summed E-state index contributed by atoms with van der Waals surface area (Å²) < 4.78 is 5.39. The van der Waals surface area contributed by atoms with Crippen molar-refractivity contribution in [1.29, 1.82) is 0 Å². The van der Waals surface area contributed by atoms with E-state index in [-0.39, 0.29) is 0 Å². The molecule has 0 bridgehead atoms. The molecular weight excluding hydrogens is 332 g/mol. The molecule has 0 saturated carbocycles. The Morgan fingerprint density at radius 3 is 2.32 bits per heavy atom. The van der Waals surface area contributed by atoms with Gasteiger partial charge >= 0.3 is 0 Å². The molecule has 1 heterocycles. The normalized spacial score (nSPS) is 16.7. The molecule has 1 saturated heterocycles. The molecule has 1 fully saturated rings. The molecule has 0 unspecified atom stereocenters. The van der Waals surface area contributed by atoms with E-state index >= 15 is 0 Å². The van der Waals surface area contributed by atoms with E-state index in [4.69, 9.17) is 16.3 Å². The number of rotatable bonds is 8. The van der Waals surface area contributed by atoms with Crippen molar-refractivity contribution in [3.63, 3.8) is 0 Å². The fraction of sp³-hybridized carbons (Fsp3) is 0.429. The van der Waals surface area contributed by atoms with Crippen LogP contribution in [0, 0.1) is 0 Å². The highest BCUT2D eigenvalue weighted by atomic mass is 35.5. The second-order valence-corrected chi connectivity index (χ2v) is 6.94. The third kappa shape index (κ3) is 5.82. The summed E-state index contributed by atoms with van der Waals surface area (Å²) in [6, 6.07) is 19.0. The van der Waals surface area contributed by atoms with Crippen LogP contribution in [-0.2, 0) is 4.74 Å². The lowest BCUT2D eigenvalue weighted by Crippen LogP contribution is -2.40. The first kappa shape index (κ1) is 18.4. The molecule has 1 atom stereocenters. The van der Waals surface area contributed by atoms with Gasteiger partial charge in [-0.05, 0) is 36.2 Å². The number of nitrogens with one attached hydrogen (secondary N) is 1. The molecule has 4 heteroatoms. The Morgan fingerprint density at radius 2 is 1.60 bits per heavy atom. The van der Waals surface area contributed by atoms with Crippen LogP contribution >= 0.6 is 11.6 Å². The zero-order valence-corrected chi connectivity index (χ0v) is 15.4. The number of hydrogen-bond donors (Lipinski definition) is 1. The van der Waals surface area contributed by atoms with Gasteiger partial charge in [0.1, 0.15) is 0 Å². The van der Waals surface area contributed by atoms with E-state index in [1.807, 2.05) is 12.1 Å². The van der Waals surface area contributed by atoms with Crippen molar-refractivity contribution in [3.05, 3.63) is 70.7 Å². The lowest BCUT2D eigenvalue weighted by Gasteiger charge is -2.26. The Kier molecular flexibility index (Phi) is 7.31. The van der Waals surface area contributed by atoms with Crippen molar-refractivity contribution in [2.75, 3.05) is 45.9 Å². The number of halogens is 1. The Labute approximate surface area is 155 Å². The van der Waals surface area contributed by atoms with Gasteiger partial charge in [0, 0.05) is 37.1 Å². The van der Waals surface area contributed by atoms with Gasteiger partial charge in [-0.3, -0.25) is 4.90 Å². The van der Waals surface area contributed by atoms with Gasteiger partial charge in [-0.15, -0.1) is 0 Å². The zero-order chi connectivity index (χ0) is 17.3. The summed E-state index contributed by atoms with van der Waals surface area (Å²) in [5, 5.41) is 4.40. The number of morpholine rings is 1. The van der Waals surface area contributed by atoms with E-state index in [1.54, 1.807) is 0 Å². The summed E-state index contributed by atoms with van der Waals surface area (Å²) in [7, 11) is 0. The molecule has 2 aromatic rings. The predicted octanol–water partition coefficient (Wildman–Crippen LogP) is 3.78. The predicted molar refractivity (Wildman–Crippen MR) is 104 cm³/mol. The first-order valence-corrected chi connectivity index (χ1v) is 9.52. The minimum Gasteiger partial charge on any atom is -0.379 e. The molecule has 0 spiro atoms. The Morgan fingerprint density at radius 1 is 0.920 bits per heavy atom. The lowest BCUT2D eigenvalue weighted by molar-refractivity contribution is 0.0384. The molecule has 2 aromatic carbocycles. The van der Waals surface area contributed by atoms with Crippen LogP contribution in [0.5, 0.6) is 0 Å². The molecule has 3 nitrogen and oxygen atoms in total. The van der Waals surface area contributed by atoms with Gasteiger partial charge in [0.05, 0.1) is 13.2 Å². The van der Waals surface area contributed by atoms with Gasteiger partial charge in [-0.2, -0.15) is 0 Å². The van der Waals surface area contributed by atoms with Gasteiger partial charge in [0.25, 0.3) is 0 Å². The Hall–Kier alpha value is -1.39. The Bertz CT molecular complexity index is 612. The third-order valence-electron chi connectivity index (χ3n) is 4.79. The Balaban J connectivity index is 1.52. The van der Waals surface area contributed by atoms with Gasteiger partial charge in [0.2, 0.25) is 0 Å². The molecule has 3 rings (SSSR count). The molecule has 134 valence electrons. The largest absolute Gasteiger partial charge is 0.379 e. The smallest absolute Gasteiger partial charge is 0.0594 e. The van der Waals surface area contributed by atoms with E-state index in [9.17, 15) is 0 Å². The van der Waals surface area contributed by atoms with E-state index in [2.05, 4.69) is 52.7 Å². The van der Waals surface area contributed by atoms with Crippen molar-refractivity contribution in [1.82, 2.24) is 10.2 Å². The van der Waals surface area contributed by atoms with Crippen molar-refractivity contribution < 1.29 is 4.74 Å². The molecule has 0 aromatic heterocycles. The number of ether oxygens (including phenoxy) is 1. The monoisotopic (exact) mass is 358 g/mol. The molecule has 0 amide bonds. The summed E-state index contributed by atoms with van der Waals surface area (Å²) in [6.45, 7) is 6.98. The standard InChI is InChI=1S/C21H27ClN2O/c22-20-8-6-19(7-9-20)21(18-4-2-1-3-5-18)10-11-23-12-13-24-14-16-25-17-15-24/h1-9,21,23H,10-17H2/t21-/m0/s1. The van der Waals surface area contributed by atoms with Crippen LogP contribution in [0.1, 0.15) is 23.5 Å². The van der Waals surface area contributed by atoms with Crippen LogP contribution in [0.4, 0.5) is 0 Å². The summed E-state index contributed by atoms with van der Waals surface area (Å²) >= 11 is 6.06.